The van der Waals surface area contributed by atoms with E-state index in [4.69, 9.17) is 9.47 Å². The number of hydrogen-bond donors (Lipinski definition) is 2. The number of benzene rings is 1. The Bertz CT molecular complexity index is 1150. The van der Waals surface area contributed by atoms with Crippen molar-refractivity contribution in [2.45, 2.75) is 0 Å². The summed E-state index contributed by atoms with van der Waals surface area (Å²) < 4.78 is 11.5. The molecule has 0 atom stereocenters. The van der Waals surface area contributed by atoms with E-state index in [-0.39, 0.29) is 17.2 Å². The van der Waals surface area contributed by atoms with Crippen LogP contribution in [0.1, 0.15) is 10.5 Å². The first-order valence-corrected chi connectivity index (χ1v) is 8.82. The minimum atomic E-state index is -0.589. The van der Waals surface area contributed by atoms with Gasteiger partial charge in [-0.3, -0.25) is 10.1 Å². The van der Waals surface area contributed by atoms with Crippen molar-refractivity contribution in [3.8, 4) is 23.0 Å². The van der Waals surface area contributed by atoms with Crippen molar-refractivity contribution in [2.24, 2.45) is 0 Å². The number of nitrogens with zero attached hydrogens (tertiary/aromatic N) is 4. The maximum absolute atomic E-state index is 12.4. The number of nitrogens with one attached hydrogen (secondary N) is 1. The minimum absolute atomic E-state index is 0.147. The molecule has 0 saturated heterocycles. The van der Waals surface area contributed by atoms with Gasteiger partial charge in [-0.15, -0.1) is 0 Å². The Kier molecular flexibility index (Phi) is 4.68. The topological polar surface area (TPSA) is 119 Å². The molecule has 10 heteroatoms. The zero-order valence-corrected chi connectivity index (χ0v) is 15.3. The van der Waals surface area contributed by atoms with Crippen LogP contribution in [0.2, 0.25) is 0 Å². The second-order valence-electron chi connectivity index (χ2n) is 5.49. The Hall–Kier alpha value is -3.79. The van der Waals surface area contributed by atoms with Gasteiger partial charge in [-0.25, -0.2) is 19.9 Å². The molecule has 0 aliphatic rings. The largest absolute Gasteiger partial charge is 0.503 e. The molecule has 0 bridgehead atoms. The maximum atomic E-state index is 12.4. The molecule has 0 radical (unpaired) electrons. The number of hydrogen-bond acceptors (Lipinski definition) is 9. The van der Waals surface area contributed by atoms with Crippen molar-refractivity contribution in [3.63, 3.8) is 0 Å². The molecule has 4 aromatic rings. The molecule has 3 aromatic heterocycles. The monoisotopic (exact) mass is 395 g/mol. The molecule has 3 heterocycles. The van der Waals surface area contributed by atoms with Crippen molar-refractivity contribution >= 4 is 32.6 Å². The lowest BCUT2D eigenvalue weighted by molar-refractivity contribution is 0.101. The fraction of sp³-hybridized carbons (Fsp3) is 0.0556. The van der Waals surface area contributed by atoms with Crippen LogP contribution in [0.5, 0.6) is 23.0 Å². The lowest BCUT2D eigenvalue weighted by Gasteiger charge is -2.06. The normalized spacial score (nSPS) is 10.6. The fourth-order valence-electron chi connectivity index (χ4n) is 2.42. The van der Waals surface area contributed by atoms with E-state index in [0.717, 1.165) is 4.70 Å². The van der Waals surface area contributed by atoms with E-state index < -0.39 is 5.91 Å². The van der Waals surface area contributed by atoms with Gasteiger partial charge in [-0.2, -0.15) is 0 Å². The van der Waals surface area contributed by atoms with Crippen LogP contribution < -0.4 is 14.8 Å². The summed E-state index contributed by atoms with van der Waals surface area (Å²) in [5.74, 6) is 0.351. The van der Waals surface area contributed by atoms with Crippen LogP contribution in [0.4, 0.5) is 5.13 Å². The first-order chi connectivity index (χ1) is 13.6. The van der Waals surface area contributed by atoms with Crippen molar-refractivity contribution in [1.82, 2.24) is 19.9 Å². The Morgan fingerprint density at radius 1 is 1.18 bits per heavy atom. The van der Waals surface area contributed by atoms with Gasteiger partial charge in [0.05, 0.1) is 29.7 Å². The van der Waals surface area contributed by atoms with E-state index in [2.05, 4.69) is 25.3 Å². The summed E-state index contributed by atoms with van der Waals surface area (Å²) in [7, 11) is 1.39. The standard InChI is InChI=1S/C18H13N5O4S/c1-26-13-4-5-21-15(16(13)24)17(25)23-18-22-12-3-2-10(6-14(12)28-18)27-11-7-19-9-20-8-11/h2-9,24H,1H3,(H,22,23,25). The fourth-order valence-corrected chi connectivity index (χ4v) is 3.31. The van der Waals surface area contributed by atoms with Crippen LogP contribution in [-0.4, -0.2) is 38.1 Å². The Balaban J connectivity index is 1.56. The number of ether oxygens (including phenoxy) is 2. The predicted molar refractivity (Wildman–Crippen MR) is 102 cm³/mol. The highest BCUT2D eigenvalue weighted by atomic mass is 32.1. The molecule has 28 heavy (non-hydrogen) atoms. The van der Waals surface area contributed by atoms with E-state index in [0.29, 0.717) is 22.1 Å². The van der Waals surface area contributed by atoms with Crippen molar-refractivity contribution in [3.05, 3.63) is 54.9 Å². The third-order valence-electron chi connectivity index (χ3n) is 3.68. The van der Waals surface area contributed by atoms with Gasteiger partial charge in [0.2, 0.25) is 0 Å². The molecule has 0 aliphatic carbocycles. The van der Waals surface area contributed by atoms with Gasteiger partial charge in [0, 0.05) is 18.3 Å². The lowest BCUT2D eigenvalue weighted by Crippen LogP contribution is -2.13. The van der Waals surface area contributed by atoms with Crippen LogP contribution in [-0.2, 0) is 0 Å². The smallest absolute Gasteiger partial charge is 0.280 e. The lowest BCUT2D eigenvalue weighted by atomic mass is 10.3. The molecule has 140 valence electrons. The highest BCUT2D eigenvalue weighted by Crippen LogP contribution is 2.32. The van der Waals surface area contributed by atoms with Crippen LogP contribution in [0, 0.1) is 0 Å². The van der Waals surface area contributed by atoms with Crippen LogP contribution in [0.15, 0.2) is 49.2 Å². The van der Waals surface area contributed by atoms with E-state index in [1.54, 1.807) is 30.6 Å². The average molecular weight is 395 g/mol. The van der Waals surface area contributed by atoms with Gasteiger partial charge >= 0.3 is 0 Å². The third kappa shape index (κ3) is 3.53. The second kappa shape index (κ2) is 7.45. The summed E-state index contributed by atoms with van der Waals surface area (Å²) >= 11 is 1.27. The number of aromatic nitrogens is 4. The molecule has 2 N–H and O–H groups in total. The van der Waals surface area contributed by atoms with Crippen molar-refractivity contribution in [2.75, 3.05) is 12.4 Å². The third-order valence-corrected chi connectivity index (χ3v) is 4.61. The zero-order chi connectivity index (χ0) is 19.5. The van der Waals surface area contributed by atoms with Gasteiger partial charge in [-0.1, -0.05) is 11.3 Å². The van der Waals surface area contributed by atoms with Gasteiger partial charge in [0.1, 0.15) is 12.1 Å². The number of methoxy groups -OCH3 is 1. The summed E-state index contributed by atoms with van der Waals surface area (Å²) in [5.41, 5.74) is 0.548. The van der Waals surface area contributed by atoms with E-state index in [1.165, 1.54) is 37.0 Å². The molecule has 0 spiro atoms. The van der Waals surface area contributed by atoms with Crippen molar-refractivity contribution < 1.29 is 19.4 Å². The summed E-state index contributed by atoms with van der Waals surface area (Å²) in [6, 6.07) is 6.80. The number of aromatic hydroxyl groups is 1. The van der Waals surface area contributed by atoms with Crippen molar-refractivity contribution in [1.29, 1.82) is 0 Å². The Labute approximate surface area is 162 Å². The number of thiazole rings is 1. The molecule has 1 aromatic carbocycles. The first-order valence-electron chi connectivity index (χ1n) is 8.01. The molecule has 0 unspecified atom stereocenters. The number of carbonyl (C=O) groups excluding carboxylic acids is 1. The summed E-state index contributed by atoms with van der Waals surface area (Å²) in [5, 5.41) is 13.1. The number of fused-ring (bicyclic) bond motifs is 1. The van der Waals surface area contributed by atoms with Crippen LogP contribution >= 0.6 is 11.3 Å². The van der Waals surface area contributed by atoms with Crippen LogP contribution in [0.3, 0.4) is 0 Å². The highest BCUT2D eigenvalue weighted by molar-refractivity contribution is 7.22. The number of pyridine rings is 1. The molecule has 0 saturated carbocycles. The van der Waals surface area contributed by atoms with Gasteiger partial charge < -0.3 is 14.6 Å². The highest BCUT2D eigenvalue weighted by Gasteiger charge is 2.18. The SMILES string of the molecule is COc1ccnc(C(=O)Nc2nc3ccc(Oc4cncnc4)cc3s2)c1O. The quantitative estimate of drug-likeness (QED) is 0.528. The molecule has 0 aliphatic heterocycles. The summed E-state index contributed by atoms with van der Waals surface area (Å²) in [4.78, 5) is 28.5. The van der Waals surface area contributed by atoms with Gasteiger partial charge in [0.15, 0.2) is 28.1 Å². The molecular formula is C18H13N5O4S. The Morgan fingerprint density at radius 3 is 2.79 bits per heavy atom. The summed E-state index contributed by atoms with van der Waals surface area (Å²) in [6.07, 6.45) is 5.91. The van der Waals surface area contributed by atoms with Gasteiger partial charge in [0.25, 0.3) is 5.91 Å². The molecule has 1 amide bonds. The molecule has 9 nitrogen and oxygen atoms in total. The average Bonchev–Trinajstić information content (AvgIpc) is 3.10. The van der Waals surface area contributed by atoms with Gasteiger partial charge in [-0.05, 0) is 12.1 Å². The number of carbonyl (C=O) groups is 1. The Morgan fingerprint density at radius 2 is 2.00 bits per heavy atom. The zero-order valence-electron chi connectivity index (χ0n) is 14.5. The second-order valence-corrected chi connectivity index (χ2v) is 6.52. The van der Waals surface area contributed by atoms with Crippen LogP contribution in [0.25, 0.3) is 10.2 Å². The van der Waals surface area contributed by atoms with E-state index in [1.807, 2.05) is 0 Å². The molecule has 0 fully saturated rings. The molecule has 4 rings (SSSR count). The first kappa shape index (κ1) is 17.6. The number of rotatable bonds is 5. The van der Waals surface area contributed by atoms with E-state index >= 15 is 0 Å². The van der Waals surface area contributed by atoms with E-state index in [9.17, 15) is 9.90 Å². The number of amides is 1. The summed E-state index contributed by atoms with van der Waals surface area (Å²) in [6.45, 7) is 0. The maximum Gasteiger partial charge on any atom is 0.280 e. The minimum Gasteiger partial charge on any atom is -0.503 e. The number of anilines is 1. The predicted octanol–water partition coefficient (Wildman–Crippen LogP) is 3.24. The molecular weight excluding hydrogens is 382 g/mol.